The standard InChI is InChI=1S/C18H18N4O3S/c1-24-15-10-14(17(23)21-18-22-19-12-26-18)11-16(20-15)25-9-5-8-13-6-3-2-4-7-13/h2-4,6-7,10-12H,5,8-9H2,1H3,(H,21,22,23). The second kappa shape index (κ2) is 8.91. The molecule has 0 fully saturated rings. The average molecular weight is 370 g/mol. The minimum atomic E-state index is -0.323. The molecule has 0 spiro atoms. The van der Waals surface area contributed by atoms with Crippen molar-refractivity contribution in [3.8, 4) is 11.8 Å². The number of hydrogen-bond donors (Lipinski definition) is 1. The zero-order chi connectivity index (χ0) is 18.2. The predicted octanol–water partition coefficient (Wildman–Crippen LogP) is 3.21. The van der Waals surface area contributed by atoms with E-state index in [0.717, 1.165) is 12.8 Å². The molecule has 0 aliphatic rings. The Morgan fingerprint density at radius 1 is 1.19 bits per heavy atom. The van der Waals surface area contributed by atoms with Crippen LogP contribution >= 0.6 is 11.3 Å². The fraction of sp³-hybridized carbons (Fsp3) is 0.222. The molecule has 0 atom stereocenters. The van der Waals surface area contributed by atoms with Crippen LogP contribution in [0.1, 0.15) is 22.3 Å². The quantitative estimate of drug-likeness (QED) is 0.613. The summed E-state index contributed by atoms with van der Waals surface area (Å²) in [5.74, 6) is 0.337. The Labute approximate surface area is 155 Å². The highest BCUT2D eigenvalue weighted by Crippen LogP contribution is 2.20. The molecule has 2 aromatic heterocycles. The van der Waals surface area contributed by atoms with Crippen LogP contribution in [0, 0.1) is 0 Å². The SMILES string of the molecule is COc1cc(C(=O)Nc2nncs2)cc(OCCCc2ccccc2)n1. The van der Waals surface area contributed by atoms with Crippen molar-refractivity contribution in [2.24, 2.45) is 0 Å². The van der Waals surface area contributed by atoms with Gasteiger partial charge in [0.05, 0.1) is 19.3 Å². The summed E-state index contributed by atoms with van der Waals surface area (Å²) in [7, 11) is 1.49. The second-order valence-corrected chi connectivity index (χ2v) is 6.21. The van der Waals surface area contributed by atoms with E-state index in [1.54, 1.807) is 17.6 Å². The zero-order valence-corrected chi connectivity index (χ0v) is 15.0. The highest BCUT2D eigenvalue weighted by Gasteiger charge is 2.13. The van der Waals surface area contributed by atoms with Crippen molar-refractivity contribution in [1.29, 1.82) is 0 Å². The Bertz CT molecular complexity index is 841. The highest BCUT2D eigenvalue weighted by molar-refractivity contribution is 7.13. The monoisotopic (exact) mass is 370 g/mol. The molecule has 0 unspecified atom stereocenters. The van der Waals surface area contributed by atoms with Crippen LogP contribution in [-0.2, 0) is 6.42 Å². The lowest BCUT2D eigenvalue weighted by atomic mass is 10.1. The molecule has 1 aromatic carbocycles. The molecule has 7 nitrogen and oxygen atoms in total. The van der Waals surface area contributed by atoms with E-state index in [2.05, 4.69) is 32.6 Å². The summed E-state index contributed by atoms with van der Waals surface area (Å²) in [6.07, 6.45) is 1.75. The molecule has 134 valence electrons. The van der Waals surface area contributed by atoms with E-state index in [-0.39, 0.29) is 5.91 Å². The van der Waals surface area contributed by atoms with Gasteiger partial charge in [-0.2, -0.15) is 4.98 Å². The topological polar surface area (TPSA) is 86.2 Å². The molecule has 3 rings (SSSR count). The van der Waals surface area contributed by atoms with Crippen LogP contribution in [0.25, 0.3) is 0 Å². The van der Waals surface area contributed by atoms with Gasteiger partial charge in [-0.3, -0.25) is 10.1 Å². The zero-order valence-electron chi connectivity index (χ0n) is 14.2. The predicted molar refractivity (Wildman–Crippen MR) is 98.9 cm³/mol. The maximum atomic E-state index is 12.3. The number of benzene rings is 1. The molecule has 2 heterocycles. The van der Waals surface area contributed by atoms with Gasteiger partial charge in [0.25, 0.3) is 5.91 Å². The highest BCUT2D eigenvalue weighted by atomic mass is 32.1. The largest absolute Gasteiger partial charge is 0.481 e. The van der Waals surface area contributed by atoms with E-state index >= 15 is 0 Å². The maximum Gasteiger partial charge on any atom is 0.257 e. The summed E-state index contributed by atoms with van der Waals surface area (Å²) < 4.78 is 10.9. The van der Waals surface area contributed by atoms with Gasteiger partial charge in [0.15, 0.2) is 0 Å². The Balaban J connectivity index is 1.60. The molecule has 0 aliphatic heterocycles. The summed E-state index contributed by atoms with van der Waals surface area (Å²) in [6.45, 7) is 0.493. The number of amides is 1. The number of aryl methyl sites for hydroxylation is 1. The number of carbonyl (C=O) groups is 1. The third-order valence-corrected chi connectivity index (χ3v) is 4.14. The van der Waals surface area contributed by atoms with Crippen LogP contribution in [0.2, 0.25) is 0 Å². The first-order valence-electron chi connectivity index (χ1n) is 8.05. The number of aromatic nitrogens is 3. The van der Waals surface area contributed by atoms with Crippen LogP contribution in [0.3, 0.4) is 0 Å². The van der Waals surface area contributed by atoms with Crippen molar-refractivity contribution < 1.29 is 14.3 Å². The van der Waals surface area contributed by atoms with Gasteiger partial charge in [0.1, 0.15) is 5.51 Å². The third kappa shape index (κ3) is 5.00. The molecule has 0 aliphatic carbocycles. The first kappa shape index (κ1) is 17.8. The van der Waals surface area contributed by atoms with Gasteiger partial charge < -0.3 is 9.47 Å². The average Bonchev–Trinajstić information content (AvgIpc) is 3.19. The van der Waals surface area contributed by atoms with Crippen LogP contribution in [0.4, 0.5) is 5.13 Å². The van der Waals surface area contributed by atoms with E-state index in [9.17, 15) is 4.79 Å². The molecule has 0 saturated carbocycles. The van der Waals surface area contributed by atoms with E-state index < -0.39 is 0 Å². The molecule has 0 saturated heterocycles. The van der Waals surface area contributed by atoms with Crippen molar-refractivity contribution in [1.82, 2.24) is 15.2 Å². The number of ether oxygens (including phenoxy) is 2. The fourth-order valence-corrected chi connectivity index (χ4v) is 2.73. The van der Waals surface area contributed by atoms with Crippen LogP contribution < -0.4 is 14.8 Å². The summed E-state index contributed by atoms with van der Waals surface area (Å²) in [5.41, 5.74) is 3.18. The molecular weight excluding hydrogens is 352 g/mol. The summed E-state index contributed by atoms with van der Waals surface area (Å²) in [5, 5.41) is 10.6. The Hall–Kier alpha value is -3.00. The maximum absolute atomic E-state index is 12.3. The normalized spacial score (nSPS) is 10.3. The lowest BCUT2D eigenvalue weighted by Crippen LogP contribution is -2.13. The van der Waals surface area contributed by atoms with Gasteiger partial charge in [-0.05, 0) is 18.4 Å². The van der Waals surface area contributed by atoms with E-state index in [1.807, 2.05) is 18.2 Å². The van der Waals surface area contributed by atoms with Crippen molar-refractivity contribution in [2.45, 2.75) is 12.8 Å². The number of pyridine rings is 1. The Morgan fingerprint density at radius 2 is 2.00 bits per heavy atom. The number of rotatable bonds is 8. The van der Waals surface area contributed by atoms with E-state index in [0.29, 0.717) is 29.1 Å². The summed E-state index contributed by atoms with van der Waals surface area (Å²) in [6, 6.07) is 13.3. The summed E-state index contributed by atoms with van der Waals surface area (Å²) >= 11 is 1.24. The van der Waals surface area contributed by atoms with Gasteiger partial charge in [-0.25, -0.2) is 0 Å². The number of carbonyl (C=O) groups excluding carboxylic acids is 1. The van der Waals surface area contributed by atoms with Crippen molar-refractivity contribution >= 4 is 22.4 Å². The van der Waals surface area contributed by atoms with Gasteiger partial charge in [-0.1, -0.05) is 41.7 Å². The van der Waals surface area contributed by atoms with Crippen LogP contribution in [0.15, 0.2) is 48.0 Å². The third-order valence-electron chi connectivity index (χ3n) is 3.53. The van der Waals surface area contributed by atoms with Crippen LogP contribution in [-0.4, -0.2) is 34.8 Å². The molecule has 1 N–H and O–H groups in total. The molecule has 8 heteroatoms. The molecule has 1 amide bonds. The van der Waals surface area contributed by atoms with Gasteiger partial charge in [-0.15, -0.1) is 10.2 Å². The molecule has 26 heavy (non-hydrogen) atoms. The van der Waals surface area contributed by atoms with E-state index in [1.165, 1.54) is 24.0 Å². The minimum Gasteiger partial charge on any atom is -0.481 e. The first-order valence-corrected chi connectivity index (χ1v) is 8.93. The van der Waals surface area contributed by atoms with Crippen molar-refractivity contribution in [2.75, 3.05) is 19.0 Å². The number of hydrogen-bond acceptors (Lipinski definition) is 7. The van der Waals surface area contributed by atoms with Gasteiger partial charge in [0.2, 0.25) is 16.9 Å². The Kier molecular flexibility index (Phi) is 6.10. The first-order chi connectivity index (χ1) is 12.7. The minimum absolute atomic E-state index is 0.313. The van der Waals surface area contributed by atoms with Crippen LogP contribution in [0.5, 0.6) is 11.8 Å². The number of anilines is 1. The fourth-order valence-electron chi connectivity index (χ4n) is 2.29. The molecule has 0 radical (unpaired) electrons. The number of methoxy groups -OCH3 is 1. The van der Waals surface area contributed by atoms with Crippen molar-refractivity contribution in [3.63, 3.8) is 0 Å². The molecular formula is C18H18N4O3S. The Morgan fingerprint density at radius 3 is 2.73 bits per heavy atom. The van der Waals surface area contributed by atoms with Gasteiger partial charge >= 0.3 is 0 Å². The lowest BCUT2D eigenvalue weighted by molar-refractivity contribution is 0.102. The number of nitrogens with one attached hydrogen (secondary N) is 1. The second-order valence-electron chi connectivity index (χ2n) is 5.37. The van der Waals surface area contributed by atoms with Crippen molar-refractivity contribution in [3.05, 3.63) is 59.1 Å². The smallest absolute Gasteiger partial charge is 0.257 e. The number of nitrogens with zero attached hydrogens (tertiary/aromatic N) is 3. The summed E-state index contributed by atoms with van der Waals surface area (Å²) in [4.78, 5) is 16.6. The van der Waals surface area contributed by atoms with E-state index in [4.69, 9.17) is 9.47 Å². The lowest BCUT2D eigenvalue weighted by Gasteiger charge is -2.09. The van der Waals surface area contributed by atoms with Gasteiger partial charge in [0, 0.05) is 12.1 Å². The molecule has 3 aromatic rings. The molecule has 0 bridgehead atoms.